The number of hydrazone groups is 1. The van der Waals surface area contributed by atoms with E-state index >= 15 is 0 Å². The van der Waals surface area contributed by atoms with E-state index in [1.807, 2.05) is 12.1 Å². The van der Waals surface area contributed by atoms with E-state index in [1.54, 1.807) is 12.1 Å². The van der Waals surface area contributed by atoms with Crippen LogP contribution in [-0.2, 0) is 32.5 Å². The van der Waals surface area contributed by atoms with Crippen LogP contribution in [0.3, 0.4) is 0 Å². The minimum Gasteiger partial charge on any atom is -0.440 e. The first kappa shape index (κ1) is 23.3. The average molecular weight is 447 g/mol. The molecule has 1 heterocycles. The fourth-order valence-electron chi connectivity index (χ4n) is 3.19. The summed E-state index contributed by atoms with van der Waals surface area (Å²) in [5.74, 6) is -1.24. The van der Waals surface area contributed by atoms with Crippen molar-refractivity contribution in [2.24, 2.45) is 5.10 Å². The van der Waals surface area contributed by atoms with Gasteiger partial charge >= 0.3 is 6.18 Å². The number of rotatable bonds is 4. The normalized spacial score (nSPS) is 16.4. The fraction of sp³-hybridized carbons (Fsp3) is 0.348. The standard InChI is InChI=1S/C23H24F3N3O3/c1-14(30)29-21(19(31)27-13-16-7-5-6-8-18(16)23(24,25)26)32-20(28-29)15-9-11-17(12-10-15)22(2,3)4/h5-12,21H,13H2,1-4H3,(H,27,31). The second-order valence-corrected chi connectivity index (χ2v) is 8.44. The topological polar surface area (TPSA) is 71.0 Å². The van der Waals surface area contributed by atoms with E-state index in [4.69, 9.17) is 4.74 Å². The summed E-state index contributed by atoms with van der Waals surface area (Å²) in [6.45, 7) is 7.05. The Labute approximate surface area is 184 Å². The summed E-state index contributed by atoms with van der Waals surface area (Å²) in [6.07, 6.45) is -5.96. The highest BCUT2D eigenvalue weighted by Gasteiger charge is 2.38. The smallest absolute Gasteiger partial charge is 0.416 e. The summed E-state index contributed by atoms with van der Waals surface area (Å²) in [5, 5.41) is 7.38. The van der Waals surface area contributed by atoms with E-state index in [9.17, 15) is 22.8 Å². The fourth-order valence-corrected chi connectivity index (χ4v) is 3.19. The first-order chi connectivity index (χ1) is 14.9. The Morgan fingerprint density at radius 3 is 2.25 bits per heavy atom. The van der Waals surface area contributed by atoms with Crippen LogP contribution >= 0.6 is 0 Å². The van der Waals surface area contributed by atoms with E-state index in [0.29, 0.717) is 5.56 Å². The third-order valence-corrected chi connectivity index (χ3v) is 4.96. The van der Waals surface area contributed by atoms with Crippen LogP contribution in [-0.4, -0.2) is 28.9 Å². The summed E-state index contributed by atoms with van der Waals surface area (Å²) < 4.78 is 45.1. The highest BCUT2D eigenvalue weighted by Crippen LogP contribution is 2.32. The number of amides is 2. The second kappa shape index (κ2) is 8.64. The molecule has 2 aromatic rings. The van der Waals surface area contributed by atoms with Crippen molar-refractivity contribution in [2.45, 2.75) is 52.1 Å². The Morgan fingerprint density at radius 1 is 1.06 bits per heavy atom. The van der Waals surface area contributed by atoms with Crippen LogP contribution in [0.5, 0.6) is 0 Å². The van der Waals surface area contributed by atoms with Gasteiger partial charge in [0, 0.05) is 19.0 Å². The number of ether oxygens (including phenoxy) is 1. The lowest BCUT2D eigenvalue weighted by atomic mass is 9.87. The Kier molecular flexibility index (Phi) is 6.29. The molecule has 1 aliphatic heterocycles. The van der Waals surface area contributed by atoms with Crippen LogP contribution in [0.25, 0.3) is 0 Å². The lowest BCUT2D eigenvalue weighted by Crippen LogP contribution is -2.45. The van der Waals surface area contributed by atoms with Gasteiger partial charge in [-0.05, 0) is 34.7 Å². The minimum atomic E-state index is -4.55. The maximum atomic E-state index is 13.2. The van der Waals surface area contributed by atoms with Crippen molar-refractivity contribution in [3.8, 4) is 0 Å². The molecule has 0 aliphatic carbocycles. The van der Waals surface area contributed by atoms with Crippen LogP contribution in [0.4, 0.5) is 13.2 Å². The van der Waals surface area contributed by atoms with Crippen molar-refractivity contribution in [3.63, 3.8) is 0 Å². The summed E-state index contributed by atoms with van der Waals surface area (Å²) in [5.41, 5.74) is 0.659. The first-order valence-electron chi connectivity index (χ1n) is 9.96. The quantitative estimate of drug-likeness (QED) is 0.764. The minimum absolute atomic E-state index is 0.0581. The van der Waals surface area contributed by atoms with Gasteiger partial charge in [0.2, 0.25) is 11.8 Å². The maximum absolute atomic E-state index is 13.2. The molecule has 3 rings (SSSR count). The molecule has 0 spiro atoms. The molecule has 9 heteroatoms. The van der Waals surface area contributed by atoms with Gasteiger partial charge in [0.05, 0.1) is 5.56 Å². The van der Waals surface area contributed by atoms with Crippen molar-refractivity contribution in [1.29, 1.82) is 0 Å². The maximum Gasteiger partial charge on any atom is 0.416 e. The van der Waals surface area contributed by atoms with Crippen molar-refractivity contribution >= 4 is 17.7 Å². The van der Waals surface area contributed by atoms with Gasteiger partial charge in [-0.3, -0.25) is 9.59 Å². The molecule has 170 valence electrons. The number of halogens is 3. The lowest BCUT2D eigenvalue weighted by molar-refractivity contribution is -0.147. The molecular formula is C23H24F3N3O3. The van der Waals surface area contributed by atoms with Crippen LogP contribution in [0.15, 0.2) is 53.6 Å². The van der Waals surface area contributed by atoms with E-state index in [0.717, 1.165) is 16.6 Å². The van der Waals surface area contributed by atoms with Crippen molar-refractivity contribution < 1.29 is 27.5 Å². The van der Waals surface area contributed by atoms with Crippen molar-refractivity contribution in [3.05, 3.63) is 70.8 Å². The number of carbonyl (C=O) groups excluding carboxylic acids is 2. The van der Waals surface area contributed by atoms with Crippen LogP contribution in [0.1, 0.15) is 49.9 Å². The Bertz CT molecular complexity index is 1040. The number of benzene rings is 2. The summed E-state index contributed by atoms with van der Waals surface area (Å²) >= 11 is 0. The third-order valence-electron chi connectivity index (χ3n) is 4.96. The van der Waals surface area contributed by atoms with Gasteiger partial charge in [0.15, 0.2) is 0 Å². The SMILES string of the molecule is CC(=O)N1N=C(c2ccc(C(C)(C)C)cc2)OC1C(=O)NCc1ccccc1C(F)(F)F. The highest BCUT2D eigenvalue weighted by atomic mass is 19.4. The molecular weight excluding hydrogens is 423 g/mol. The molecule has 1 atom stereocenters. The zero-order valence-electron chi connectivity index (χ0n) is 18.2. The van der Waals surface area contributed by atoms with Crippen LogP contribution in [0, 0.1) is 0 Å². The van der Waals surface area contributed by atoms with E-state index in [2.05, 4.69) is 31.2 Å². The number of carbonyl (C=O) groups is 2. The molecule has 32 heavy (non-hydrogen) atoms. The van der Waals surface area contributed by atoms with Crippen LogP contribution < -0.4 is 5.32 Å². The van der Waals surface area contributed by atoms with E-state index in [1.165, 1.54) is 25.1 Å². The number of hydrogen-bond acceptors (Lipinski definition) is 4. The molecule has 1 unspecified atom stereocenters. The highest BCUT2D eigenvalue weighted by molar-refractivity contribution is 5.99. The largest absolute Gasteiger partial charge is 0.440 e. The molecule has 0 radical (unpaired) electrons. The van der Waals surface area contributed by atoms with Crippen molar-refractivity contribution in [2.75, 3.05) is 0 Å². The average Bonchev–Trinajstić information content (AvgIpc) is 3.17. The van der Waals surface area contributed by atoms with Gasteiger partial charge in [-0.1, -0.05) is 51.1 Å². The molecule has 0 fully saturated rings. The second-order valence-electron chi connectivity index (χ2n) is 8.44. The Balaban J connectivity index is 1.75. The molecule has 0 saturated heterocycles. The van der Waals surface area contributed by atoms with Gasteiger partial charge in [-0.2, -0.15) is 18.2 Å². The Morgan fingerprint density at radius 2 is 1.69 bits per heavy atom. The summed E-state index contributed by atoms with van der Waals surface area (Å²) in [7, 11) is 0. The van der Waals surface area contributed by atoms with Gasteiger partial charge in [-0.25, -0.2) is 0 Å². The predicted octanol–water partition coefficient (Wildman–Crippen LogP) is 4.19. The van der Waals surface area contributed by atoms with Gasteiger partial charge < -0.3 is 10.1 Å². The number of nitrogens with one attached hydrogen (secondary N) is 1. The number of nitrogens with zero attached hydrogens (tertiary/aromatic N) is 2. The first-order valence-corrected chi connectivity index (χ1v) is 9.96. The Hall–Kier alpha value is -3.36. The van der Waals surface area contributed by atoms with Gasteiger partial charge in [0.1, 0.15) is 0 Å². The molecule has 1 N–H and O–H groups in total. The predicted molar refractivity (Wildman–Crippen MR) is 112 cm³/mol. The van der Waals surface area contributed by atoms with Crippen molar-refractivity contribution in [1.82, 2.24) is 10.3 Å². The summed E-state index contributed by atoms with van der Waals surface area (Å²) in [6, 6.07) is 12.3. The molecule has 2 aromatic carbocycles. The third kappa shape index (κ3) is 5.09. The summed E-state index contributed by atoms with van der Waals surface area (Å²) in [4.78, 5) is 24.7. The van der Waals surface area contributed by atoms with E-state index < -0.39 is 29.8 Å². The zero-order valence-corrected chi connectivity index (χ0v) is 18.2. The molecule has 2 amide bonds. The van der Waals surface area contributed by atoms with E-state index in [-0.39, 0.29) is 23.4 Å². The number of alkyl halides is 3. The molecule has 0 saturated carbocycles. The number of hydrogen-bond donors (Lipinski definition) is 1. The molecule has 1 aliphatic rings. The molecule has 0 bridgehead atoms. The monoisotopic (exact) mass is 447 g/mol. The molecule has 0 aromatic heterocycles. The van der Waals surface area contributed by atoms with Gasteiger partial charge in [-0.15, -0.1) is 5.10 Å². The van der Waals surface area contributed by atoms with Gasteiger partial charge in [0.25, 0.3) is 12.1 Å². The lowest BCUT2D eigenvalue weighted by Gasteiger charge is -2.20. The molecule has 6 nitrogen and oxygen atoms in total. The van der Waals surface area contributed by atoms with Crippen LogP contribution in [0.2, 0.25) is 0 Å². The zero-order chi connectivity index (χ0) is 23.7.